The van der Waals surface area contributed by atoms with Gasteiger partial charge in [-0.1, -0.05) is 29.3 Å². The SMILES string of the molecule is CCOc1ccc(CCNS(=O)(=O)c2cc(Cl)ccc2Cl)cc1OC. The molecule has 0 saturated heterocycles. The summed E-state index contributed by atoms with van der Waals surface area (Å²) in [5.74, 6) is 1.26. The normalized spacial score (nSPS) is 11.4. The standard InChI is InChI=1S/C17H19Cl2NO4S/c1-3-24-15-7-4-12(10-16(15)23-2)8-9-20-25(21,22)17-11-13(18)5-6-14(17)19/h4-7,10-11,20H,3,8-9H2,1-2H3. The van der Waals surface area contributed by atoms with Gasteiger partial charge in [-0.25, -0.2) is 13.1 Å². The third-order valence-corrected chi connectivity index (χ3v) is 5.59. The van der Waals surface area contributed by atoms with Gasteiger partial charge >= 0.3 is 0 Å². The lowest BCUT2D eigenvalue weighted by atomic mass is 10.1. The molecular formula is C17H19Cl2NO4S. The van der Waals surface area contributed by atoms with Crippen molar-refractivity contribution in [1.82, 2.24) is 4.72 Å². The Morgan fingerprint density at radius 3 is 2.52 bits per heavy atom. The summed E-state index contributed by atoms with van der Waals surface area (Å²) in [4.78, 5) is -0.0362. The molecule has 2 rings (SSSR count). The van der Waals surface area contributed by atoms with Crippen LogP contribution in [0.1, 0.15) is 12.5 Å². The van der Waals surface area contributed by atoms with Crippen LogP contribution in [-0.2, 0) is 16.4 Å². The van der Waals surface area contributed by atoms with E-state index in [1.54, 1.807) is 13.2 Å². The maximum Gasteiger partial charge on any atom is 0.242 e. The molecule has 2 aromatic rings. The van der Waals surface area contributed by atoms with Gasteiger partial charge in [-0.3, -0.25) is 0 Å². The molecule has 2 aromatic carbocycles. The molecule has 0 aliphatic rings. The number of methoxy groups -OCH3 is 1. The predicted molar refractivity (Wildman–Crippen MR) is 99.5 cm³/mol. The molecule has 0 bridgehead atoms. The van der Waals surface area contributed by atoms with Crippen LogP contribution in [0, 0.1) is 0 Å². The van der Waals surface area contributed by atoms with Crippen LogP contribution < -0.4 is 14.2 Å². The van der Waals surface area contributed by atoms with Gasteiger partial charge in [-0.2, -0.15) is 0 Å². The average molecular weight is 404 g/mol. The van der Waals surface area contributed by atoms with E-state index < -0.39 is 10.0 Å². The van der Waals surface area contributed by atoms with Gasteiger partial charge < -0.3 is 9.47 Å². The van der Waals surface area contributed by atoms with Crippen LogP contribution in [0.2, 0.25) is 10.0 Å². The van der Waals surface area contributed by atoms with Crippen LogP contribution in [0.15, 0.2) is 41.3 Å². The van der Waals surface area contributed by atoms with Crippen molar-refractivity contribution in [1.29, 1.82) is 0 Å². The van der Waals surface area contributed by atoms with E-state index in [2.05, 4.69) is 4.72 Å². The molecule has 5 nitrogen and oxygen atoms in total. The van der Waals surface area contributed by atoms with E-state index >= 15 is 0 Å². The molecule has 0 amide bonds. The predicted octanol–water partition coefficient (Wildman–Crippen LogP) is 3.92. The number of benzene rings is 2. The van der Waals surface area contributed by atoms with Crippen molar-refractivity contribution in [3.8, 4) is 11.5 Å². The number of halogens is 2. The molecule has 0 aliphatic carbocycles. The van der Waals surface area contributed by atoms with Crippen molar-refractivity contribution in [2.24, 2.45) is 0 Å². The number of hydrogen-bond donors (Lipinski definition) is 1. The highest BCUT2D eigenvalue weighted by atomic mass is 35.5. The summed E-state index contributed by atoms with van der Waals surface area (Å²) in [6.07, 6.45) is 0.486. The zero-order valence-corrected chi connectivity index (χ0v) is 16.2. The zero-order chi connectivity index (χ0) is 18.4. The van der Waals surface area contributed by atoms with Crippen LogP contribution in [0.25, 0.3) is 0 Å². The summed E-state index contributed by atoms with van der Waals surface area (Å²) < 4.78 is 38.0. The van der Waals surface area contributed by atoms with Crippen LogP contribution in [0.5, 0.6) is 11.5 Å². The molecule has 8 heteroatoms. The molecule has 1 N–H and O–H groups in total. The van der Waals surface area contributed by atoms with E-state index in [0.29, 0.717) is 29.5 Å². The van der Waals surface area contributed by atoms with E-state index in [1.807, 2.05) is 19.1 Å². The largest absolute Gasteiger partial charge is 0.493 e. The highest BCUT2D eigenvalue weighted by Crippen LogP contribution is 2.28. The van der Waals surface area contributed by atoms with Gasteiger partial charge in [-0.15, -0.1) is 0 Å². The highest BCUT2D eigenvalue weighted by molar-refractivity contribution is 7.89. The van der Waals surface area contributed by atoms with Crippen LogP contribution in [0.3, 0.4) is 0 Å². The van der Waals surface area contributed by atoms with Crippen molar-refractivity contribution >= 4 is 33.2 Å². The first-order chi connectivity index (χ1) is 11.9. The van der Waals surface area contributed by atoms with E-state index in [1.165, 1.54) is 18.2 Å². The average Bonchev–Trinajstić information content (AvgIpc) is 2.58. The molecule has 0 unspecified atom stereocenters. The quantitative estimate of drug-likeness (QED) is 0.725. The van der Waals surface area contributed by atoms with E-state index in [4.69, 9.17) is 32.7 Å². The minimum absolute atomic E-state index is 0.0362. The van der Waals surface area contributed by atoms with Gasteiger partial charge in [0.15, 0.2) is 11.5 Å². The highest BCUT2D eigenvalue weighted by Gasteiger charge is 2.18. The Labute approximate surface area is 157 Å². The first-order valence-electron chi connectivity index (χ1n) is 7.61. The Hall–Kier alpha value is -1.47. The van der Waals surface area contributed by atoms with Gasteiger partial charge in [0.2, 0.25) is 10.0 Å². The number of nitrogens with one attached hydrogen (secondary N) is 1. The lowest BCUT2D eigenvalue weighted by molar-refractivity contribution is 0.310. The molecule has 0 heterocycles. The van der Waals surface area contributed by atoms with E-state index in [9.17, 15) is 8.42 Å². The molecule has 0 spiro atoms. The molecule has 0 saturated carbocycles. The van der Waals surface area contributed by atoms with Crippen molar-refractivity contribution in [3.63, 3.8) is 0 Å². The zero-order valence-electron chi connectivity index (χ0n) is 13.9. The Bertz CT molecular complexity index is 841. The molecule has 0 radical (unpaired) electrons. The lowest BCUT2D eigenvalue weighted by Crippen LogP contribution is -2.26. The van der Waals surface area contributed by atoms with Gasteiger partial charge in [0.25, 0.3) is 0 Å². The lowest BCUT2D eigenvalue weighted by Gasteiger charge is -2.12. The first kappa shape index (κ1) is 19.8. The van der Waals surface area contributed by atoms with Crippen molar-refractivity contribution in [3.05, 3.63) is 52.0 Å². The van der Waals surface area contributed by atoms with E-state index in [-0.39, 0.29) is 16.5 Å². The Morgan fingerprint density at radius 1 is 1.08 bits per heavy atom. The first-order valence-corrected chi connectivity index (χ1v) is 9.85. The topological polar surface area (TPSA) is 64.6 Å². The Balaban J connectivity index is 2.06. The number of hydrogen-bond acceptors (Lipinski definition) is 4. The molecule has 0 atom stereocenters. The van der Waals surface area contributed by atoms with Crippen LogP contribution in [0.4, 0.5) is 0 Å². The maximum absolute atomic E-state index is 12.4. The van der Waals surface area contributed by atoms with Gasteiger partial charge in [0, 0.05) is 11.6 Å². The maximum atomic E-state index is 12.4. The smallest absolute Gasteiger partial charge is 0.242 e. The second kappa shape index (κ2) is 8.76. The Kier molecular flexibility index (Phi) is 6.95. The summed E-state index contributed by atoms with van der Waals surface area (Å²) in [6, 6.07) is 9.82. The molecule has 136 valence electrons. The third-order valence-electron chi connectivity index (χ3n) is 3.42. The molecular weight excluding hydrogens is 385 g/mol. The summed E-state index contributed by atoms with van der Waals surface area (Å²) >= 11 is 11.8. The number of sulfonamides is 1. The number of ether oxygens (including phenoxy) is 2. The van der Waals surface area contributed by atoms with E-state index in [0.717, 1.165) is 5.56 Å². The summed E-state index contributed by atoms with van der Waals surface area (Å²) in [5, 5.41) is 0.431. The van der Waals surface area contributed by atoms with Crippen LogP contribution >= 0.6 is 23.2 Å². The molecule has 0 aromatic heterocycles. The van der Waals surface area contributed by atoms with Crippen molar-refractivity contribution < 1.29 is 17.9 Å². The summed E-state index contributed by atoms with van der Waals surface area (Å²) in [5.41, 5.74) is 0.917. The molecule has 0 aliphatic heterocycles. The Morgan fingerprint density at radius 2 is 1.84 bits per heavy atom. The van der Waals surface area contributed by atoms with Gasteiger partial charge in [-0.05, 0) is 49.2 Å². The molecule has 0 fully saturated rings. The minimum atomic E-state index is -3.74. The fourth-order valence-corrected chi connectivity index (χ4v) is 4.03. The second-order valence-electron chi connectivity index (χ2n) is 5.14. The van der Waals surface area contributed by atoms with Crippen molar-refractivity contribution in [2.45, 2.75) is 18.2 Å². The third kappa shape index (κ3) is 5.25. The summed E-state index contributed by atoms with van der Waals surface area (Å²) in [6.45, 7) is 2.64. The summed E-state index contributed by atoms with van der Waals surface area (Å²) in [7, 11) is -2.18. The fourth-order valence-electron chi connectivity index (χ4n) is 2.23. The minimum Gasteiger partial charge on any atom is -0.493 e. The van der Waals surface area contributed by atoms with Gasteiger partial charge in [0.05, 0.1) is 18.7 Å². The van der Waals surface area contributed by atoms with Crippen LogP contribution in [-0.4, -0.2) is 28.7 Å². The fraction of sp³-hybridized carbons (Fsp3) is 0.294. The molecule has 25 heavy (non-hydrogen) atoms. The van der Waals surface area contributed by atoms with Crippen molar-refractivity contribution in [2.75, 3.05) is 20.3 Å². The van der Waals surface area contributed by atoms with Gasteiger partial charge in [0.1, 0.15) is 4.90 Å². The second-order valence-corrected chi connectivity index (χ2v) is 7.72. The monoisotopic (exact) mass is 403 g/mol. The number of rotatable bonds is 8.